The molecule has 1 atom stereocenters. The summed E-state index contributed by atoms with van der Waals surface area (Å²) in [5.41, 5.74) is 3.71. The van der Waals surface area contributed by atoms with Gasteiger partial charge in [0.1, 0.15) is 0 Å². The van der Waals surface area contributed by atoms with Gasteiger partial charge in [0, 0.05) is 8.90 Å². The van der Waals surface area contributed by atoms with Crippen molar-refractivity contribution in [2.45, 2.75) is 19.6 Å². The van der Waals surface area contributed by atoms with Crippen molar-refractivity contribution in [1.29, 1.82) is 0 Å². The van der Waals surface area contributed by atoms with Crippen molar-refractivity contribution in [3.8, 4) is 0 Å². The van der Waals surface area contributed by atoms with Gasteiger partial charge in [0.05, 0.1) is 12.7 Å². The molecule has 19 heavy (non-hydrogen) atoms. The van der Waals surface area contributed by atoms with E-state index in [1.807, 2.05) is 18.2 Å². The average molecular weight is 431 g/mol. The number of alkyl halides is 1. The maximum Gasteiger partial charge on any atom is 0.0918 e. The predicted octanol–water partition coefficient (Wildman–Crippen LogP) is 5.45. The summed E-state index contributed by atoms with van der Waals surface area (Å²) in [5, 5.41) is 0. The molecule has 1 nitrogen and oxygen atoms in total. The predicted molar refractivity (Wildman–Crippen MR) is 91.7 cm³/mol. The lowest BCUT2D eigenvalue weighted by Crippen LogP contribution is -2.06. The van der Waals surface area contributed by atoms with E-state index in [4.69, 9.17) is 4.74 Å². The van der Waals surface area contributed by atoms with E-state index in [0.29, 0.717) is 6.61 Å². The third kappa shape index (κ3) is 4.29. The molecule has 100 valence electrons. The maximum atomic E-state index is 6.05. The van der Waals surface area contributed by atoms with Crippen LogP contribution in [0.2, 0.25) is 0 Å². The first-order valence-corrected chi connectivity index (χ1v) is 8.50. The van der Waals surface area contributed by atoms with Crippen LogP contribution in [-0.2, 0) is 11.3 Å². The zero-order valence-electron chi connectivity index (χ0n) is 10.8. The van der Waals surface area contributed by atoms with E-state index in [0.717, 1.165) is 8.90 Å². The molecule has 0 aromatic heterocycles. The molecule has 0 saturated carbocycles. The molecule has 0 saturated heterocycles. The van der Waals surface area contributed by atoms with E-state index in [1.54, 1.807) is 0 Å². The van der Waals surface area contributed by atoms with Gasteiger partial charge < -0.3 is 4.74 Å². The second-order valence-electron chi connectivity index (χ2n) is 4.46. The summed E-state index contributed by atoms with van der Waals surface area (Å²) in [6, 6.07) is 16.8. The molecule has 2 aromatic rings. The van der Waals surface area contributed by atoms with Gasteiger partial charge in [-0.2, -0.15) is 0 Å². The Morgan fingerprint density at radius 1 is 1.11 bits per heavy atom. The van der Waals surface area contributed by atoms with Gasteiger partial charge in [-0.1, -0.05) is 86.5 Å². The smallest absolute Gasteiger partial charge is 0.0918 e. The highest BCUT2D eigenvalue weighted by Gasteiger charge is 2.11. The number of aryl methyl sites for hydroxylation is 1. The van der Waals surface area contributed by atoms with Gasteiger partial charge in [0.25, 0.3) is 0 Å². The average Bonchev–Trinajstić information content (AvgIpc) is 2.43. The van der Waals surface area contributed by atoms with Crippen molar-refractivity contribution in [3.05, 3.63) is 69.7 Å². The van der Waals surface area contributed by atoms with Crippen LogP contribution >= 0.6 is 38.5 Å². The third-order valence-electron chi connectivity index (χ3n) is 2.99. The second-order valence-corrected chi connectivity index (χ2v) is 6.19. The van der Waals surface area contributed by atoms with Crippen LogP contribution in [0.1, 0.15) is 22.8 Å². The number of halogens is 2. The molecular weight excluding hydrogens is 415 g/mol. The summed E-state index contributed by atoms with van der Waals surface area (Å²) in [6.07, 6.45) is 0.147. The van der Waals surface area contributed by atoms with Crippen molar-refractivity contribution in [1.82, 2.24) is 0 Å². The highest BCUT2D eigenvalue weighted by molar-refractivity contribution is 14.1. The van der Waals surface area contributed by atoms with E-state index in [1.165, 1.54) is 16.7 Å². The number of ether oxygens (including phenoxy) is 1. The highest BCUT2D eigenvalue weighted by atomic mass is 127. The minimum Gasteiger partial charge on any atom is -0.368 e. The Hall–Kier alpha value is -0.390. The number of rotatable bonds is 5. The van der Waals surface area contributed by atoms with Crippen LogP contribution in [0.3, 0.4) is 0 Å². The topological polar surface area (TPSA) is 9.23 Å². The molecule has 0 N–H and O–H groups in total. The molecule has 0 aliphatic heterocycles. The Morgan fingerprint density at radius 2 is 1.79 bits per heavy atom. The van der Waals surface area contributed by atoms with E-state index in [9.17, 15) is 0 Å². The zero-order chi connectivity index (χ0) is 13.7. The van der Waals surface area contributed by atoms with E-state index in [2.05, 4.69) is 75.8 Å². The fourth-order valence-electron chi connectivity index (χ4n) is 1.82. The minimum atomic E-state index is 0.147. The lowest BCUT2D eigenvalue weighted by Gasteiger charge is -2.16. The normalized spacial score (nSPS) is 12.4. The third-order valence-corrected chi connectivity index (χ3v) is 4.56. The van der Waals surface area contributed by atoms with E-state index in [-0.39, 0.29) is 6.10 Å². The highest BCUT2D eigenvalue weighted by Crippen LogP contribution is 2.24. The molecule has 2 rings (SSSR count). The van der Waals surface area contributed by atoms with Gasteiger partial charge in [-0.15, -0.1) is 0 Å². The molecule has 0 heterocycles. The molecule has 0 fully saturated rings. The van der Waals surface area contributed by atoms with Crippen molar-refractivity contribution >= 4 is 38.5 Å². The monoisotopic (exact) mass is 430 g/mol. The fraction of sp³-hybridized carbons (Fsp3) is 0.250. The van der Waals surface area contributed by atoms with Gasteiger partial charge >= 0.3 is 0 Å². The molecule has 2 aromatic carbocycles. The summed E-state index contributed by atoms with van der Waals surface area (Å²) in [5.74, 6) is 0. The Morgan fingerprint density at radius 3 is 2.42 bits per heavy atom. The molecule has 0 amide bonds. The standard InChI is InChI=1S/C16H16BrIO/c1-12-6-8-13(9-7-12)16(10-18)19-11-14-4-2-3-5-15(14)17/h2-9,16H,10-11H2,1H3. The lowest BCUT2D eigenvalue weighted by atomic mass is 10.1. The van der Waals surface area contributed by atoms with Crippen molar-refractivity contribution < 1.29 is 4.74 Å². The van der Waals surface area contributed by atoms with Crippen LogP contribution in [-0.4, -0.2) is 4.43 Å². The van der Waals surface area contributed by atoms with Crippen molar-refractivity contribution in [3.63, 3.8) is 0 Å². The second kappa shape index (κ2) is 7.41. The summed E-state index contributed by atoms with van der Waals surface area (Å²) >= 11 is 5.93. The Kier molecular flexibility index (Phi) is 5.85. The zero-order valence-corrected chi connectivity index (χ0v) is 14.5. The van der Waals surface area contributed by atoms with E-state index >= 15 is 0 Å². The molecule has 0 aliphatic carbocycles. The molecule has 0 radical (unpaired) electrons. The first-order chi connectivity index (χ1) is 9.20. The Bertz CT molecular complexity index is 525. The molecular formula is C16H16BrIO. The first-order valence-electron chi connectivity index (χ1n) is 6.18. The Balaban J connectivity index is 2.04. The minimum absolute atomic E-state index is 0.147. The van der Waals surface area contributed by atoms with Crippen LogP contribution in [0.5, 0.6) is 0 Å². The summed E-state index contributed by atoms with van der Waals surface area (Å²) in [4.78, 5) is 0. The van der Waals surface area contributed by atoms with Gasteiger partial charge in [0.2, 0.25) is 0 Å². The summed E-state index contributed by atoms with van der Waals surface area (Å²) in [6.45, 7) is 2.73. The number of benzene rings is 2. The quantitative estimate of drug-likeness (QED) is 0.452. The fourth-order valence-corrected chi connectivity index (χ4v) is 2.98. The molecule has 3 heteroatoms. The van der Waals surface area contributed by atoms with E-state index < -0.39 is 0 Å². The van der Waals surface area contributed by atoms with Crippen LogP contribution < -0.4 is 0 Å². The van der Waals surface area contributed by atoms with Gasteiger partial charge in [0.15, 0.2) is 0 Å². The summed E-state index contributed by atoms with van der Waals surface area (Å²) < 4.78 is 8.10. The SMILES string of the molecule is Cc1ccc(C(CI)OCc2ccccc2Br)cc1. The Labute approximate surface area is 136 Å². The van der Waals surface area contributed by atoms with Gasteiger partial charge in [-0.3, -0.25) is 0 Å². The van der Waals surface area contributed by atoms with Crippen molar-refractivity contribution in [2.75, 3.05) is 4.43 Å². The first kappa shape index (κ1) is 15.0. The molecule has 0 aliphatic rings. The number of hydrogen-bond acceptors (Lipinski definition) is 1. The largest absolute Gasteiger partial charge is 0.368 e. The van der Waals surface area contributed by atoms with Gasteiger partial charge in [-0.25, -0.2) is 0 Å². The van der Waals surface area contributed by atoms with Gasteiger partial charge in [-0.05, 0) is 24.1 Å². The molecule has 0 spiro atoms. The lowest BCUT2D eigenvalue weighted by molar-refractivity contribution is 0.0574. The van der Waals surface area contributed by atoms with Crippen LogP contribution in [0, 0.1) is 6.92 Å². The van der Waals surface area contributed by atoms with Crippen LogP contribution in [0.15, 0.2) is 53.0 Å². The molecule has 0 bridgehead atoms. The molecule has 1 unspecified atom stereocenters. The van der Waals surface area contributed by atoms with Crippen LogP contribution in [0.25, 0.3) is 0 Å². The summed E-state index contributed by atoms with van der Waals surface area (Å²) in [7, 11) is 0. The maximum absolute atomic E-state index is 6.05. The van der Waals surface area contributed by atoms with Crippen LogP contribution in [0.4, 0.5) is 0 Å². The van der Waals surface area contributed by atoms with Crippen molar-refractivity contribution in [2.24, 2.45) is 0 Å². The number of hydrogen-bond donors (Lipinski definition) is 0.